The van der Waals surface area contributed by atoms with Crippen LogP contribution in [0.4, 0.5) is 5.69 Å². The van der Waals surface area contributed by atoms with Gasteiger partial charge in [0.15, 0.2) is 5.69 Å². The number of nitrogens with one attached hydrogen (secondary N) is 1. The molecule has 0 radical (unpaired) electrons. The van der Waals surface area contributed by atoms with Crippen LogP contribution in [-0.2, 0) is 22.2 Å². The highest BCUT2D eigenvalue weighted by Crippen LogP contribution is 2.16. The first-order chi connectivity index (χ1) is 10.9. The van der Waals surface area contributed by atoms with Gasteiger partial charge in [0, 0.05) is 5.69 Å². The standard InChI is InChI=1S/C13H12N2O7S/c1-7-10(13(17)18)11(15-22-7)12(16)14-9-4-2-8(3-5-9)6-21-23(19)20/h2-5H,6H2,1H3,(H,14,16)(H,17,18)(H,19,20). The van der Waals surface area contributed by atoms with Gasteiger partial charge in [0.2, 0.25) is 0 Å². The SMILES string of the molecule is Cc1onc(C(=O)Nc2ccc(COS(=O)O)cc2)c1C(=O)O. The van der Waals surface area contributed by atoms with Crippen LogP contribution in [0.3, 0.4) is 0 Å². The van der Waals surface area contributed by atoms with Crippen molar-refractivity contribution < 1.29 is 32.2 Å². The van der Waals surface area contributed by atoms with Crippen molar-refractivity contribution in [3.8, 4) is 0 Å². The maximum Gasteiger partial charge on any atom is 0.341 e. The number of nitrogens with zero attached hydrogens (tertiary/aromatic N) is 1. The van der Waals surface area contributed by atoms with E-state index in [4.69, 9.17) is 14.2 Å². The van der Waals surface area contributed by atoms with E-state index in [2.05, 4.69) is 14.7 Å². The van der Waals surface area contributed by atoms with E-state index in [1.807, 2.05) is 0 Å². The molecule has 122 valence electrons. The Kier molecular flexibility index (Phi) is 5.21. The van der Waals surface area contributed by atoms with E-state index in [-0.39, 0.29) is 23.6 Å². The monoisotopic (exact) mass is 340 g/mol. The Morgan fingerprint density at radius 3 is 2.57 bits per heavy atom. The number of hydrogen-bond acceptors (Lipinski definition) is 6. The van der Waals surface area contributed by atoms with E-state index in [1.54, 1.807) is 12.1 Å². The fourth-order valence-electron chi connectivity index (χ4n) is 1.77. The molecule has 10 heteroatoms. The molecule has 1 heterocycles. The summed E-state index contributed by atoms with van der Waals surface area (Å²) in [5, 5.41) is 15.0. The molecule has 3 N–H and O–H groups in total. The van der Waals surface area contributed by atoms with Gasteiger partial charge in [0.1, 0.15) is 11.3 Å². The van der Waals surface area contributed by atoms with Crippen molar-refractivity contribution in [2.75, 3.05) is 5.32 Å². The van der Waals surface area contributed by atoms with Gasteiger partial charge in [-0.15, -0.1) is 0 Å². The van der Waals surface area contributed by atoms with Crippen LogP contribution in [0.1, 0.15) is 32.2 Å². The topological polar surface area (TPSA) is 139 Å². The lowest BCUT2D eigenvalue weighted by Crippen LogP contribution is -2.16. The number of rotatable bonds is 6. The van der Waals surface area contributed by atoms with Crippen LogP contribution in [0, 0.1) is 6.92 Å². The Hall–Kier alpha value is -2.56. The minimum absolute atomic E-state index is 0.0344. The molecule has 0 saturated carbocycles. The molecule has 1 amide bonds. The second-order valence-corrected chi connectivity index (χ2v) is 5.07. The molecule has 0 aliphatic carbocycles. The quantitative estimate of drug-likeness (QED) is 0.674. The molecular formula is C13H12N2O7S. The molecule has 2 rings (SSSR count). The second-order valence-electron chi connectivity index (χ2n) is 4.40. The van der Waals surface area contributed by atoms with Crippen molar-refractivity contribution in [1.29, 1.82) is 0 Å². The van der Waals surface area contributed by atoms with E-state index < -0.39 is 23.2 Å². The summed E-state index contributed by atoms with van der Waals surface area (Å²) >= 11 is -2.35. The second kappa shape index (κ2) is 7.13. The van der Waals surface area contributed by atoms with Crippen LogP contribution in [0.25, 0.3) is 0 Å². The van der Waals surface area contributed by atoms with E-state index in [1.165, 1.54) is 19.1 Å². The predicted molar refractivity (Wildman–Crippen MR) is 78.2 cm³/mol. The first-order valence-electron chi connectivity index (χ1n) is 6.22. The number of benzene rings is 1. The van der Waals surface area contributed by atoms with Crippen molar-refractivity contribution >= 4 is 28.9 Å². The minimum Gasteiger partial charge on any atom is -0.477 e. The van der Waals surface area contributed by atoms with Gasteiger partial charge in [-0.25, -0.2) is 4.79 Å². The molecular weight excluding hydrogens is 328 g/mol. The largest absolute Gasteiger partial charge is 0.477 e. The summed E-state index contributed by atoms with van der Waals surface area (Å²) in [4.78, 5) is 23.2. The van der Waals surface area contributed by atoms with Gasteiger partial charge in [0.05, 0.1) is 6.61 Å². The number of anilines is 1. The predicted octanol–water partition coefficient (Wildman–Crippen LogP) is 1.59. The van der Waals surface area contributed by atoms with E-state index in [0.29, 0.717) is 11.3 Å². The summed E-state index contributed by atoms with van der Waals surface area (Å²) in [6.07, 6.45) is 0. The molecule has 1 aromatic carbocycles. The minimum atomic E-state index is -2.35. The summed E-state index contributed by atoms with van der Waals surface area (Å²) in [5.74, 6) is -2.00. The fraction of sp³-hybridized carbons (Fsp3) is 0.154. The van der Waals surface area contributed by atoms with Crippen LogP contribution in [0.15, 0.2) is 28.8 Å². The van der Waals surface area contributed by atoms with Crippen molar-refractivity contribution in [1.82, 2.24) is 5.16 Å². The fourth-order valence-corrected chi connectivity index (χ4v) is 2.01. The average Bonchev–Trinajstić information content (AvgIpc) is 2.88. The third kappa shape index (κ3) is 4.22. The highest BCUT2D eigenvalue weighted by atomic mass is 32.2. The maximum absolute atomic E-state index is 12.1. The molecule has 0 saturated heterocycles. The third-order valence-corrected chi connectivity index (χ3v) is 3.15. The van der Waals surface area contributed by atoms with Gasteiger partial charge >= 0.3 is 17.3 Å². The number of carboxylic acids is 1. The van der Waals surface area contributed by atoms with E-state index in [0.717, 1.165) is 0 Å². The Morgan fingerprint density at radius 2 is 2.00 bits per heavy atom. The number of carboxylic acid groups (broad SMARTS) is 1. The molecule has 0 bridgehead atoms. The van der Waals surface area contributed by atoms with Crippen LogP contribution in [-0.4, -0.2) is 30.9 Å². The number of amides is 1. The molecule has 1 atom stereocenters. The summed E-state index contributed by atoms with van der Waals surface area (Å²) in [6.45, 7) is 1.33. The zero-order chi connectivity index (χ0) is 17.0. The van der Waals surface area contributed by atoms with Crippen LogP contribution in [0.5, 0.6) is 0 Å². The third-order valence-electron chi connectivity index (χ3n) is 2.83. The van der Waals surface area contributed by atoms with Gasteiger partial charge in [0.25, 0.3) is 5.91 Å². The number of aromatic nitrogens is 1. The molecule has 0 spiro atoms. The van der Waals surface area contributed by atoms with E-state index >= 15 is 0 Å². The van der Waals surface area contributed by atoms with Gasteiger partial charge < -0.3 is 14.9 Å². The molecule has 1 aromatic heterocycles. The van der Waals surface area contributed by atoms with Gasteiger partial charge in [-0.05, 0) is 24.6 Å². The summed E-state index contributed by atoms with van der Waals surface area (Å²) in [6, 6.07) is 6.22. The normalized spacial score (nSPS) is 11.9. The first kappa shape index (κ1) is 16.8. The highest BCUT2D eigenvalue weighted by Gasteiger charge is 2.25. The zero-order valence-corrected chi connectivity index (χ0v) is 12.6. The van der Waals surface area contributed by atoms with E-state index in [9.17, 15) is 13.8 Å². The van der Waals surface area contributed by atoms with Crippen molar-refractivity contribution in [3.63, 3.8) is 0 Å². The summed E-state index contributed by atoms with van der Waals surface area (Å²) in [7, 11) is 0. The molecule has 2 aromatic rings. The highest BCUT2D eigenvalue weighted by molar-refractivity contribution is 7.74. The first-order valence-corrected chi connectivity index (χ1v) is 7.25. The molecule has 9 nitrogen and oxygen atoms in total. The van der Waals surface area contributed by atoms with Gasteiger partial charge in [-0.2, -0.15) is 4.21 Å². The van der Waals surface area contributed by atoms with Gasteiger partial charge in [-0.1, -0.05) is 17.3 Å². The lowest BCUT2D eigenvalue weighted by molar-refractivity contribution is 0.0691. The number of aryl methyl sites for hydroxylation is 1. The lowest BCUT2D eigenvalue weighted by Gasteiger charge is -2.05. The number of carbonyl (C=O) groups excluding carboxylic acids is 1. The molecule has 23 heavy (non-hydrogen) atoms. The smallest absolute Gasteiger partial charge is 0.341 e. The molecule has 0 aliphatic rings. The Labute approximate surface area is 132 Å². The molecule has 0 fully saturated rings. The number of hydrogen-bond donors (Lipinski definition) is 3. The molecule has 1 unspecified atom stereocenters. The van der Waals surface area contributed by atoms with Gasteiger partial charge in [-0.3, -0.25) is 13.5 Å². The lowest BCUT2D eigenvalue weighted by atomic mass is 10.1. The van der Waals surface area contributed by atoms with Crippen LogP contribution >= 0.6 is 0 Å². The Bertz CT molecular complexity index is 754. The summed E-state index contributed by atoms with van der Waals surface area (Å²) < 4.78 is 28.2. The van der Waals surface area contributed by atoms with Crippen molar-refractivity contribution in [3.05, 3.63) is 46.8 Å². The van der Waals surface area contributed by atoms with Crippen LogP contribution in [0.2, 0.25) is 0 Å². The Balaban J connectivity index is 2.09. The summed E-state index contributed by atoms with van der Waals surface area (Å²) in [5.41, 5.74) is 0.394. The molecule has 0 aliphatic heterocycles. The number of carbonyl (C=O) groups is 2. The maximum atomic E-state index is 12.1. The van der Waals surface area contributed by atoms with Crippen LogP contribution < -0.4 is 5.32 Å². The average molecular weight is 340 g/mol. The van der Waals surface area contributed by atoms with Crippen molar-refractivity contribution in [2.24, 2.45) is 0 Å². The van der Waals surface area contributed by atoms with Crippen molar-refractivity contribution in [2.45, 2.75) is 13.5 Å². The number of aromatic carboxylic acids is 1. The zero-order valence-electron chi connectivity index (χ0n) is 11.8. The Morgan fingerprint density at radius 1 is 1.35 bits per heavy atom.